The lowest BCUT2D eigenvalue weighted by Gasteiger charge is -2.05. The lowest BCUT2D eigenvalue weighted by molar-refractivity contribution is -0.385. The fraction of sp³-hybridized carbons (Fsp3) is 0.0667. The molecule has 0 amide bonds. The number of hydrogen-bond acceptors (Lipinski definition) is 6. The Balaban J connectivity index is 2.60. The first-order valence-electron chi connectivity index (χ1n) is 6.83. The minimum absolute atomic E-state index is 0.176. The maximum atomic E-state index is 12.7. The molecule has 0 saturated carbocycles. The Kier molecular flexibility index (Phi) is 5.51. The lowest BCUT2D eigenvalue weighted by atomic mass is 10.0. The third-order valence-electron chi connectivity index (χ3n) is 3.36. The zero-order chi connectivity index (χ0) is 19.5. The molecule has 0 aliphatic heterocycles. The Morgan fingerprint density at radius 2 is 1.85 bits per heavy atom. The second-order valence-electron chi connectivity index (χ2n) is 4.88. The third kappa shape index (κ3) is 3.94. The van der Waals surface area contributed by atoms with Crippen molar-refractivity contribution in [2.75, 3.05) is 7.11 Å². The van der Waals surface area contributed by atoms with Gasteiger partial charge in [0.2, 0.25) is 0 Å². The van der Waals surface area contributed by atoms with Gasteiger partial charge in [-0.05, 0) is 30.3 Å². The standard InChI is InChI=1S/C15H10ClN3O6S/c1-25-11-5-2-9(3-6-11)14(18-17)15(20)12-7-4-10(19(21)22)8-13(12)26(16,23)24/h2-8H,1H3. The van der Waals surface area contributed by atoms with Crippen molar-refractivity contribution >= 4 is 36.9 Å². The molecule has 0 aliphatic carbocycles. The topological polar surface area (TPSA) is 140 Å². The van der Waals surface area contributed by atoms with Crippen molar-refractivity contribution in [3.8, 4) is 5.75 Å². The zero-order valence-corrected chi connectivity index (χ0v) is 14.7. The quantitative estimate of drug-likeness (QED) is 0.140. The van der Waals surface area contributed by atoms with Crippen LogP contribution in [-0.2, 0) is 9.05 Å². The first kappa shape index (κ1) is 19.3. The van der Waals surface area contributed by atoms with E-state index < -0.39 is 41.6 Å². The van der Waals surface area contributed by atoms with E-state index in [0.717, 1.165) is 12.1 Å². The third-order valence-corrected chi connectivity index (χ3v) is 4.72. The number of methoxy groups -OCH3 is 1. The SMILES string of the molecule is COc1ccc(C(=[N+]=[N-])C(=O)c2ccc([N+](=O)[O-])cc2S(=O)(=O)Cl)cc1. The molecule has 0 aliphatic rings. The summed E-state index contributed by atoms with van der Waals surface area (Å²) in [7, 11) is 2.26. The molecule has 0 bridgehead atoms. The fourth-order valence-corrected chi connectivity index (χ4v) is 3.19. The summed E-state index contributed by atoms with van der Waals surface area (Å²) in [5.41, 5.74) is 7.90. The molecule has 2 aromatic carbocycles. The summed E-state index contributed by atoms with van der Waals surface area (Å²) in [6.45, 7) is 0. The maximum absolute atomic E-state index is 12.7. The highest BCUT2D eigenvalue weighted by Crippen LogP contribution is 2.26. The van der Waals surface area contributed by atoms with Gasteiger partial charge >= 0.3 is 5.71 Å². The van der Waals surface area contributed by atoms with Gasteiger partial charge in [-0.15, -0.1) is 0 Å². The molecule has 0 spiro atoms. The number of rotatable bonds is 6. The van der Waals surface area contributed by atoms with Crippen molar-refractivity contribution < 1.29 is 27.7 Å². The predicted molar refractivity (Wildman–Crippen MR) is 91.2 cm³/mol. The van der Waals surface area contributed by atoms with Crippen LogP contribution in [-0.4, -0.2) is 36.7 Å². The van der Waals surface area contributed by atoms with Crippen LogP contribution in [0.15, 0.2) is 47.4 Å². The molecule has 0 heterocycles. The van der Waals surface area contributed by atoms with Crippen LogP contribution in [0.5, 0.6) is 5.75 Å². The molecule has 0 N–H and O–H groups in total. The maximum Gasteiger partial charge on any atom is 0.369 e. The van der Waals surface area contributed by atoms with E-state index in [-0.39, 0.29) is 5.56 Å². The van der Waals surface area contributed by atoms with E-state index in [1.165, 1.54) is 31.4 Å². The van der Waals surface area contributed by atoms with Gasteiger partial charge in [-0.1, -0.05) is 0 Å². The molecule has 0 radical (unpaired) electrons. The largest absolute Gasteiger partial charge is 0.497 e. The van der Waals surface area contributed by atoms with Crippen molar-refractivity contribution in [2.45, 2.75) is 4.90 Å². The second kappa shape index (κ2) is 7.44. The summed E-state index contributed by atoms with van der Waals surface area (Å²) in [4.78, 5) is 24.8. The van der Waals surface area contributed by atoms with Gasteiger partial charge in [0.05, 0.1) is 23.2 Å². The monoisotopic (exact) mass is 395 g/mol. The van der Waals surface area contributed by atoms with E-state index in [2.05, 4.69) is 4.79 Å². The van der Waals surface area contributed by atoms with Gasteiger partial charge in [-0.2, -0.15) is 4.79 Å². The first-order valence-corrected chi connectivity index (χ1v) is 9.14. The number of ketones is 1. The summed E-state index contributed by atoms with van der Waals surface area (Å²) >= 11 is 0. The van der Waals surface area contributed by atoms with E-state index >= 15 is 0 Å². The molecule has 0 fully saturated rings. The predicted octanol–water partition coefficient (Wildman–Crippen LogP) is 2.43. The number of Topliss-reactive ketones (excluding diaryl/α,β-unsaturated/α-hetero) is 1. The summed E-state index contributed by atoms with van der Waals surface area (Å²) in [5.74, 6) is -0.496. The first-order chi connectivity index (χ1) is 12.2. The molecule has 0 aromatic heterocycles. The number of hydrogen-bond donors (Lipinski definition) is 0. The molecule has 2 rings (SSSR count). The molecule has 2 aromatic rings. The number of nitro groups is 1. The van der Waals surface area contributed by atoms with Gasteiger partial charge in [0.1, 0.15) is 10.6 Å². The summed E-state index contributed by atoms with van der Waals surface area (Å²) in [5, 5.41) is 10.8. The highest BCUT2D eigenvalue weighted by molar-refractivity contribution is 8.13. The molecule has 134 valence electrons. The number of nitro benzene ring substituents is 1. The van der Waals surface area contributed by atoms with Crippen molar-refractivity contribution in [3.05, 3.63) is 69.2 Å². The van der Waals surface area contributed by atoms with Gasteiger partial charge in [0, 0.05) is 22.8 Å². The normalized spacial score (nSPS) is 10.7. The number of ether oxygens (including phenoxy) is 1. The van der Waals surface area contributed by atoms with Crippen LogP contribution >= 0.6 is 10.7 Å². The van der Waals surface area contributed by atoms with Crippen molar-refractivity contribution in [1.29, 1.82) is 0 Å². The van der Waals surface area contributed by atoms with Crippen LogP contribution in [0.2, 0.25) is 0 Å². The molecule has 0 atom stereocenters. The van der Waals surface area contributed by atoms with Gasteiger partial charge in [0.25, 0.3) is 20.5 Å². The van der Waals surface area contributed by atoms with E-state index in [1.807, 2.05) is 0 Å². The Morgan fingerprint density at radius 3 is 2.31 bits per heavy atom. The summed E-state index contributed by atoms with van der Waals surface area (Å²) < 4.78 is 28.5. The van der Waals surface area contributed by atoms with Crippen molar-refractivity contribution in [3.63, 3.8) is 0 Å². The van der Waals surface area contributed by atoms with Crippen LogP contribution in [0.4, 0.5) is 5.69 Å². The number of carbonyl (C=O) groups excluding carboxylic acids is 1. The van der Waals surface area contributed by atoms with Crippen LogP contribution in [0.3, 0.4) is 0 Å². The molecule has 0 unspecified atom stereocenters. The number of halogens is 1. The van der Waals surface area contributed by atoms with E-state index in [9.17, 15) is 28.9 Å². The van der Waals surface area contributed by atoms with E-state index in [4.69, 9.17) is 15.4 Å². The zero-order valence-electron chi connectivity index (χ0n) is 13.1. The summed E-state index contributed by atoms with van der Waals surface area (Å²) in [6, 6.07) is 8.40. The van der Waals surface area contributed by atoms with Crippen LogP contribution in [0, 0.1) is 10.1 Å². The lowest BCUT2D eigenvalue weighted by Crippen LogP contribution is -2.19. The van der Waals surface area contributed by atoms with Gasteiger partial charge in [-0.3, -0.25) is 14.9 Å². The van der Waals surface area contributed by atoms with Crippen LogP contribution in [0.1, 0.15) is 15.9 Å². The molecule has 26 heavy (non-hydrogen) atoms. The minimum Gasteiger partial charge on any atom is -0.497 e. The highest BCUT2D eigenvalue weighted by atomic mass is 35.7. The average molecular weight is 396 g/mol. The number of non-ortho nitro benzene ring substituents is 1. The second-order valence-corrected chi connectivity index (χ2v) is 7.42. The smallest absolute Gasteiger partial charge is 0.369 e. The van der Waals surface area contributed by atoms with Crippen LogP contribution in [0.25, 0.3) is 5.53 Å². The van der Waals surface area contributed by atoms with Crippen molar-refractivity contribution in [1.82, 2.24) is 0 Å². The van der Waals surface area contributed by atoms with Crippen LogP contribution < -0.4 is 4.74 Å². The average Bonchev–Trinajstić information content (AvgIpc) is 2.61. The van der Waals surface area contributed by atoms with E-state index in [1.54, 1.807) is 0 Å². The van der Waals surface area contributed by atoms with Gasteiger partial charge in [-0.25, -0.2) is 8.42 Å². The summed E-state index contributed by atoms with van der Waals surface area (Å²) in [6.07, 6.45) is 0. The Morgan fingerprint density at radius 1 is 1.23 bits per heavy atom. The molecule has 0 saturated heterocycles. The highest BCUT2D eigenvalue weighted by Gasteiger charge is 2.31. The van der Waals surface area contributed by atoms with Gasteiger partial charge in [0.15, 0.2) is 0 Å². The van der Waals surface area contributed by atoms with Gasteiger partial charge < -0.3 is 10.3 Å². The number of carbonyl (C=O) groups is 1. The molecule has 11 heteroatoms. The Labute approximate surface area is 152 Å². The van der Waals surface area contributed by atoms with Crippen molar-refractivity contribution in [2.24, 2.45) is 0 Å². The van der Waals surface area contributed by atoms with E-state index in [0.29, 0.717) is 11.8 Å². The number of benzene rings is 2. The fourth-order valence-electron chi connectivity index (χ4n) is 2.12. The molecule has 9 nitrogen and oxygen atoms in total. The Hall–Kier alpha value is -3.07. The molecular weight excluding hydrogens is 386 g/mol. The molecular formula is C15H10ClN3O6S. The Bertz CT molecular complexity index is 1040. The minimum atomic E-state index is -4.48. The number of nitrogens with zero attached hydrogens (tertiary/aromatic N) is 3.